The maximum absolute atomic E-state index is 14.0. The van der Waals surface area contributed by atoms with Crippen LogP contribution in [-0.2, 0) is 10.0 Å². The fourth-order valence-electron chi connectivity index (χ4n) is 3.37. The van der Waals surface area contributed by atoms with Gasteiger partial charge in [0, 0.05) is 17.0 Å². The minimum atomic E-state index is -4.58. The number of benzene rings is 3. The first kappa shape index (κ1) is 21.9. The molecule has 3 aromatic rings. The Morgan fingerprint density at radius 1 is 1.03 bits per heavy atom. The molecule has 2 amide bonds. The Balaban J connectivity index is 1.64. The van der Waals surface area contributed by atoms with Crippen molar-refractivity contribution in [3.63, 3.8) is 0 Å². The highest BCUT2D eigenvalue weighted by atomic mass is 35.5. The SMILES string of the molecule is O=C(NS(=O)(=O)c1ccc(F)cc1F)N1CC(c2ccccc2)C(c2ccc(Cl)cc2)=N1. The molecule has 0 saturated heterocycles. The zero-order chi connectivity index (χ0) is 22.9. The van der Waals surface area contributed by atoms with Crippen LogP contribution in [0.5, 0.6) is 0 Å². The number of hydrazone groups is 1. The summed E-state index contributed by atoms with van der Waals surface area (Å²) in [6, 6.07) is 17.1. The van der Waals surface area contributed by atoms with Crippen molar-refractivity contribution in [3.8, 4) is 0 Å². The second-order valence-corrected chi connectivity index (χ2v) is 9.11. The lowest BCUT2D eigenvalue weighted by molar-refractivity contribution is 0.210. The lowest BCUT2D eigenvalue weighted by Crippen LogP contribution is -2.40. The van der Waals surface area contributed by atoms with Crippen molar-refractivity contribution < 1.29 is 22.0 Å². The van der Waals surface area contributed by atoms with Gasteiger partial charge in [0.2, 0.25) is 0 Å². The first-order valence-electron chi connectivity index (χ1n) is 9.43. The van der Waals surface area contributed by atoms with Gasteiger partial charge in [-0.1, -0.05) is 54.1 Å². The van der Waals surface area contributed by atoms with Crippen molar-refractivity contribution >= 4 is 33.4 Å². The summed E-state index contributed by atoms with van der Waals surface area (Å²) in [7, 11) is -4.58. The van der Waals surface area contributed by atoms with Crippen LogP contribution in [0.1, 0.15) is 17.0 Å². The van der Waals surface area contributed by atoms with Gasteiger partial charge in [-0.15, -0.1) is 0 Å². The van der Waals surface area contributed by atoms with Gasteiger partial charge in [-0.3, -0.25) is 0 Å². The van der Waals surface area contributed by atoms with E-state index in [2.05, 4.69) is 5.10 Å². The van der Waals surface area contributed by atoms with E-state index in [1.54, 1.807) is 29.0 Å². The average molecular weight is 476 g/mol. The van der Waals surface area contributed by atoms with Crippen molar-refractivity contribution in [1.29, 1.82) is 0 Å². The van der Waals surface area contributed by atoms with E-state index in [0.717, 1.165) is 22.7 Å². The second-order valence-electron chi connectivity index (χ2n) is 7.02. The molecule has 0 radical (unpaired) electrons. The van der Waals surface area contributed by atoms with E-state index >= 15 is 0 Å². The lowest BCUT2D eigenvalue weighted by Gasteiger charge is -2.16. The molecule has 0 fully saturated rings. The van der Waals surface area contributed by atoms with Crippen LogP contribution in [0.3, 0.4) is 0 Å². The summed E-state index contributed by atoms with van der Waals surface area (Å²) in [6.45, 7) is 0.0647. The van der Waals surface area contributed by atoms with Crippen molar-refractivity contribution in [1.82, 2.24) is 9.73 Å². The number of urea groups is 1. The molecule has 0 spiro atoms. The molecule has 3 aromatic carbocycles. The molecular weight excluding hydrogens is 460 g/mol. The number of halogens is 3. The number of hydrogen-bond acceptors (Lipinski definition) is 4. The Morgan fingerprint density at radius 2 is 1.72 bits per heavy atom. The van der Waals surface area contributed by atoms with E-state index in [1.807, 2.05) is 30.3 Å². The van der Waals surface area contributed by atoms with Gasteiger partial charge in [-0.2, -0.15) is 5.10 Å². The van der Waals surface area contributed by atoms with Crippen LogP contribution >= 0.6 is 11.6 Å². The first-order valence-corrected chi connectivity index (χ1v) is 11.3. The number of nitrogens with one attached hydrogen (secondary N) is 1. The van der Waals surface area contributed by atoms with Gasteiger partial charge in [0.1, 0.15) is 16.5 Å². The molecule has 6 nitrogen and oxygen atoms in total. The van der Waals surface area contributed by atoms with Crippen LogP contribution in [0.2, 0.25) is 5.02 Å². The molecule has 164 valence electrons. The number of carbonyl (C=O) groups excluding carboxylic acids is 1. The standard InChI is InChI=1S/C22H16ClF2N3O3S/c23-16-8-6-15(7-9-16)21-18(14-4-2-1-3-5-14)13-28(26-21)22(29)27-32(30,31)20-11-10-17(24)12-19(20)25/h1-12,18H,13H2,(H,27,29). The largest absolute Gasteiger partial charge is 0.351 e. The third kappa shape index (κ3) is 4.49. The summed E-state index contributed by atoms with van der Waals surface area (Å²) in [6.07, 6.45) is 0. The Hall–Kier alpha value is -3.30. The first-order chi connectivity index (χ1) is 15.2. The lowest BCUT2D eigenvalue weighted by atomic mass is 9.91. The van der Waals surface area contributed by atoms with Crippen molar-refractivity contribution in [2.24, 2.45) is 5.10 Å². The number of nitrogens with zero attached hydrogens (tertiary/aromatic N) is 2. The summed E-state index contributed by atoms with van der Waals surface area (Å²) in [5.41, 5.74) is 2.14. The Bertz CT molecular complexity index is 1300. The Morgan fingerprint density at radius 3 is 2.38 bits per heavy atom. The molecule has 1 atom stereocenters. The van der Waals surface area contributed by atoms with Crippen LogP contribution in [-0.4, -0.2) is 31.7 Å². The number of carbonyl (C=O) groups is 1. The van der Waals surface area contributed by atoms with Crippen LogP contribution in [0.15, 0.2) is 82.8 Å². The number of amides is 2. The van der Waals surface area contributed by atoms with Crippen LogP contribution < -0.4 is 4.72 Å². The van der Waals surface area contributed by atoms with Crippen LogP contribution in [0.25, 0.3) is 0 Å². The smallest absolute Gasteiger partial charge is 0.246 e. The predicted octanol–water partition coefficient (Wildman–Crippen LogP) is 4.52. The molecule has 1 unspecified atom stereocenters. The molecule has 4 rings (SSSR count). The molecule has 0 aliphatic carbocycles. The molecule has 1 aliphatic rings. The molecule has 32 heavy (non-hydrogen) atoms. The maximum Gasteiger partial charge on any atom is 0.351 e. The monoisotopic (exact) mass is 475 g/mol. The summed E-state index contributed by atoms with van der Waals surface area (Å²) in [4.78, 5) is 11.9. The Labute approximate surface area is 188 Å². The van der Waals surface area contributed by atoms with Gasteiger partial charge in [-0.05, 0) is 35.4 Å². The molecular formula is C22H16ClF2N3O3S. The molecule has 0 saturated carbocycles. The third-order valence-corrected chi connectivity index (χ3v) is 6.50. The quantitative estimate of drug-likeness (QED) is 0.602. The van der Waals surface area contributed by atoms with E-state index in [0.29, 0.717) is 22.4 Å². The molecule has 0 aromatic heterocycles. The maximum atomic E-state index is 14.0. The second kappa shape index (κ2) is 8.68. The van der Waals surface area contributed by atoms with E-state index in [4.69, 9.17) is 11.6 Å². The van der Waals surface area contributed by atoms with Gasteiger partial charge >= 0.3 is 6.03 Å². The summed E-state index contributed by atoms with van der Waals surface area (Å²) in [5, 5.41) is 5.84. The van der Waals surface area contributed by atoms with E-state index in [-0.39, 0.29) is 12.5 Å². The summed E-state index contributed by atoms with van der Waals surface area (Å²) < 4.78 is 53.8. The van der Waals surface area contributed by atoms with Gasteiger partial charge in [-0.25, -0.2) is 31.7 Å². The molecule has 1 heterocycles. The number of rotatable bonds is 4. The van der Waals surface area contributed by atoms with E-state index in [1.165, 1.54) is 0 Å². The molecule has 1 aliphatic heterocycles. The number of sulfonamides is 1. The highest BCUT2D eigenvalue weighted by Gasteiger charge is 2.34. The normalized spacial score (nSPS) is 16.0. The zero-order valence-electron chi connectivity index (χ0n) is 16.4. The minimum Gasteiger partial charge on any atom is -0.246 e. The van der Waals surface area contributed by atoms with Crippen molar-refractivity contribution in [3.05, 3.63) is 101 Å². The van der Waals surface area contributed by atoms with Gasteiger partial charge in [0.25, 0.3) is 10.0 Å². The highest BCUT2D eigenvalue weighted by molar-refractivity contribution is 7.90. The zero-order valence-corrected chi connectivity index (χ0v) is 17.9. The Kier molecular flexibility index (Phi) is 5.94. The van der Waals surface area contributed by atoms with Gasteiger partial charge in [0.15, 0.2) is 0 Å². The van der Waals surface area contributed by atoms with Crippen molar-refractivity contribution in [2.75, 3.05) is 6.54 Å². The van der Waals surface area contributed by atoms with Crippen LogP contribution in [0, 0.1) is 11.6 Å². The van der Waals surface area contributed by atoms with E-state index < -0.39 is 32.6 Å². The highest BCUT2D eigenvalue weighted by Crippen LogP contribution is 2.29. The van der Waals surface area contributed by atoms with Gasteiger partial charge < -0.3 is 0 Å². The summed E-state index contributed by atoms with van der Waals surface area (Å²) in [5.74, 6) is -2.57. The molecule has 0 bridgehead atoms. The van der Waals surface area contributed by atoms with E-state index in [9.17, 15) is 22.0 Å². The van der Waals surface area contributed by atoms with Crippen LogP contribution in [0.4, 0.5) is 13.6 Å². The predicted molar refractivity (Wildman–Crippen MR) is 116 cm³/mol. The summed E-state index contributed by atoms with van der Waals surface area (Å²) >= 11 is 5.97. The average Bonchev–Trinajstić information content (AvgIpc) is 3.20. The van der Waals surface area contributed by atoms with Crippen molar-refractivity contribution in [2.45, 2.75) is 10.8 Å². The number of hydrogen-bond donors (Lipinski definition) is 1. The topological polar surface area (TPSA) is 78.8 Å². The minimum absolute atomic E-state index is 0.0647. The molecule has 10 heteroatoms. The fraction of sp³-hybridized carbons (Fsp3) is 0.0909. The van der Waals surface area contributed by atoms with Gasteiger partial charge in [0.05, 0.1) is 12.3 Å². The molecule has 1 N–H and O–H groups in total. The third-order valence-electron chi connectivity index (χ3n) is 4.90. The fourth-order valence-corrected chi connectivity index (χ4v) is 4.51.